The molecule has 0 radical (unpaired) electrons. The molecule has 5 heteroatoms. The highest BCUT2D eigenvalue weighted by Gasteiger charge is 2.55. The van der Waals surface area contributed by atoms with Crippen molar-refractivity contribution in [2.24, 2.45) is 11.8 Å². The van der Waals surface area contributed by atoms with Crippen molar-refractivity contribution in [1.82, 2.24) is 10.1 Å². The Morgan fingerprint density at radius 2 is 2.20 bits per heavy atom. The number of hydrogen-bond acceptors (Lipinski definition) is 3. The van der Waals surface area contributed by atoms with Gasteiger partial charge in [0.25, 0.3) is 0 Å². The summed E-state index contributed by atoms with van der Waals surface area (Å²) in [4.78, 5) is 4.28. The molecule has 1 fully saturated rings. The second-order valence-electron chi connectivity index (χ2n) is 5.32. The normalized spacial score (nSPS) is 27.3. The highest BCUT2D eigenvalue weighted by atomic mass is 35.5. The van der Waals surface area contributed by atoms with Crippen molar-refractivity contribution in [3.05, 3.63) is 53.4 Å². The maximum absolute atomic E-state index is 13.8. The van der Waals surface area contributed by atoms with Crippen molar-refractivity contribution >= 4 is 17.2 Å². The molecular weight excluding hydrogens is 279 g/mol. The molecule has 0 N–H and O–H groups in total. The van der Waals surface area contributed by atoms with Gasteiger partial charge in [-0.1, -0.05) is 29.4 Å². The first kappa shape index (κ1) is 12.1. The molecule has 1 aromatic heterocycles. The minimum absolute atomic E-state index is 0.152. The lowest BCUT2D eigenvalue weighted by Gasteiger charge is -2.06. The molecule has 0 spiro atoms. The van der Waals surface area contributed by atoms with Crippen LogP contribution in [0.3, 0.4) is 0 Å². The predicted octanol–water partition coefficient (Wildman–Crippen LogP) is 3.76. The second kappa shape index (κ2) is 4.42. The average Bonchev–Trinajstić information content (AvgIpc) is 2.87. The largest absolute Gasteiger partial charge is 0.338 e. The van der Waals surface area contributed by atoms with Gasteiger partial charge in [0, 0.05) is 11.5 Å². The van der Waals surface area contributed by atoms with Crippen molar-refractivity contribution < 1.29 is 8.91 Å². The van der Waals surface area contributed by atoms with Crippen molar-refractivity contribution in [2.75, 3.05) is 0 Å². The van der Waals surface area contributed by atoms with Crippen LogP contribution in [0.1, 0.15) is 29.6 Å². The molecule has 0 aliphatic heterocycles. The van der Waals surface area contributed by atoms with Crippen molar-refractivity contribution in [3.63, 3.8) is 0 Å². The minimum Gasteiger partial charge on any atom is -0.338 e. The van der Waals surface area contributed by atoms with Gasteiger partial charge in [0.1, 0.15) is 11.7 Å². The molecule has 1 aromatic carbocycles. The summed E-state index contributed by atoms with van der Waals surface area (Å²) in [5.74, 6) is 2.48. The molecule has 20 heavy (non-hydrogen) atoms. The molecule has 2 aliphatic rings. The van der Waals surface area contributed by atoms with Gasteiger partial charge in [-0.3, -0.25) is 0 Å². The van der Waals surface area contributed by atoms with E-state index in [1.165, 1.54) is 6.07 Å². The standard InChI is InChI=1S/C15H12ClFN2O/c16-7-13-18-15(19-20-13)14-10-5-8(6-11(10)14)9-3-1-2-4-12(9)17/h1-5,10-11,14H,6-7H2/t10?,11?,14-/m1/s1. The molecule has 102 valence electrons. The van der Waals surface area contributed by atoms with E-state index in [-0.39, 0.29) is 11.7 Å². The SMILES string of the molecule is Fc1ccccc1C1=CC2C(C1)[C@@H]2c1noc(CCl)n1. The van der Waals surface area contributed by atoms with E-state index in [2.05, 4.69) is 16.2 Å². The zero-order valence-electron chi connectivity index (χ0n) is 10.6. The van der Waals surface area contributed by atoms with Gasteiger partial charge in [-0.05, 0) is 29.9 Å². The van der Waals surface area contributed by atoms with E-state index in [9.17, 15) is 4.39 Å². The number of rotatable bonds is 3. The van der Waals surface area contributed by atoms with Gasteiger partial charge >= 0.3 is 0 Å². The van der Waals surface area contributed by atoms with Crippen LogP contribution < -0.4 is 0 Å². The van der Waals surface area contributed by atoms with E-state index in [4.69, 9.17) is 16.1 Å². The second-order valence-corrected chi connectivity index (χ2v) is 5.59. The average molecular weight is 291 g/mol. The summed E-state index contributed by atoms with van der Waals surface area (Å²) >= 11 is 5.66. The van der Waals surface area contributed by atoms with Crippen LogP contribution >= 0.6 is 11.6 Å². The minimum atomic E-state index is -0.152. The van der Waals surface area contributed by atoms with Crippen LogP contribution in [0.4, 0.5) is 4.39 Å². The summed E-state index contributed by atoms with van der Waals surface area (Å²) in [7, 11) is 0. The lowest BCUT2D eigenvalue weighted by molar-refractivity contribution is 0.383. The predicted molar refractivity (Wildman–Crippen MR) is 72.6 cm³/mol. The molecule has 0 saturated heterocycles. The number of fused-ring (bicyclic) bond motifs is 1. The number of benzene rings is 1. The summed E-state index contributed by atoms with van der Waals surface area (Å²) in [6.45, 7) is 0. The molecule has 3 atom stereocenters. The van der Waals surface area contributed by atoms with E-state index >= 15 is 0 Å². The first-order valence-corrected chi connectivity index (χ1v) is 7.15. The Morgan fingerprint density at radius 1 is 1.35 bits per heavy atom. The van der Waals surface area contributed by atoms with Crippen molar-refractivity contribution in [2.45, 2.75) is 18.2 Å². The van der Waals surface area contributed by atoms with E-state index < -0.39 is 0 Å². The van der Waals surface area contributed by atoms with Crippen molar-refractivity contribution in [1.29, 1.82) is 0 Å². The fourth-order valence-electron chi connectivity index (χ4n) is 3.19. The van der Waals surface area contributed by atoms with Gasteiger partial charge in [-0.15, -0.1) is 11.6 Å². The fraction of sp³-hybridized carbons (Fsp3) is 0.333. The molecule has 2 aromatic rings. The zero-order chi connectivity index (χ0) is 13.7. The zero-order valence-corrected chi connectivity index (χ0v) is 11.3. The Labute approximate surface area is 120 Å². The van der Waals surface area contributed by atoms with Crippen LogP contribution in [0, 0.1) is 17.7 Å². The lowest BCUT2D eigenvalue weighted by Crippen LogP contribution is -1.94. The number of allylic oxidation sites excluding steroid dienone is 2. The monoisotopic (exact) mass is 290 g/mol. The lowest BCUT2D eigenvalue weighted by atomic mass is 10.0. The molecule has 0 amide bonds. The number of nitrogens with zero attached hydrogens (tertiary/aromatic N) is 2. The Hall–Kier alpha value is -1.68. The highest BCUT2D eigenvalue weighted by Crippen LogP contribution is 2.62. The van der Waals surface area contributed by atoms with Crippen LogP contribution in [-0.4, -0.2) is 10.1 Å². The Bertz CT molecular complexity index is 697. The Kier molecular flexibility index (Phi) is 2.67. The van der Waals surface area contributed by atoms with E-state index in [1.807, 2.05) is 12.1 Å². The van der Waals surface area contributed by atoms with Gasteiger partial charge in [0.15, 0.2) is 5.82 Å². The number of aromatic nitrogens is 2. The molecule has 0 bridgehead atoms. The number of alkyl halides is 1. The Balaban J connectivity index is 1.56. The topological polar surface area (TPSA) is 38.9 Å². The third-order valence-corrected chi connectivity index (χ3v) is 4.42. The quantitative estimate of drug-likeness (QED) is 0.808. The van der Waals surface area contributed by atoms with Gasteiger partial charge < -0.3 is 4.52 Å². The maximum Gasteiger partial charge on any atom is 0.241 e. The van der Waals surface area contributed by atoms with Gasteiger partial charge in [0.05, 0.1) is 0 Å². The first-order valence-electron chi connectivity index (χ1n) is 6.62. The summed E-state index contributed by atoms with van der Waals surface area (Å²) in [5, 5.41) is 3.97. The molecular formula is C15H12ClFN2O. The van der Waals surface area contributed by atoms with Crippen molar-refractivity contribution in [3.8, 4) is 0 Å². The number of halogens is 2. The third-order valence-electron chi connectivity index (χ3n) is 4.19. The van der Waals surface area contributed by atoms with E-state index in [1.54, 1.807) is 6.07 Å². The smallest absolute Gasteiger partial charge is 0.241 e. The maximum atomic E-state index is 13.8. The summed E-state index contributed by atoms with van der Waals surface area (Å²) in [6.07, 6.45) is 3.03. The van der Waals surface area contributed by atoms with Gasteiger partial charge in [0.2, 0.25) is 5.89 Å². The third kappa shape index (κ3) is 1.79. The molecule has 4 rings (SSSR count). The highest BCUT2D eigenvalue weighted by molar-refractivity contribution is 6.16. The first-order chi connectivity index (χ1) is 9.78. The van der Waals surface area contributed by atoms with Crippen LogP contribution in [0.25, 0.3) is 5.57 Å². The molecule has 1 saturated carbocycles. The van der Waals surface area contributed by atoms with Crippen LogP contribution in [0.15, 0.2) is 34.9 Å². The summed E-state index contributed by atoms with van der Waals surface area (Å²) in [6, 6.07) is 6.92. The summed E-state index contributed by atoms with van der Waals surface area (Å²) in [5.41, 5.74) is 1.81. The van der Waals surface area contributed by atoms with Crippen LogP contribution in [0.2, 0.25) is 0 Å². The summed E-state index contributed by atoms with van der Waals surface area (Å²) < 4.78 is 18.8. The fourth-order valence-corrected chi connectivity index (χ4v) is 3.30. The Morgan fingerprint density at radius 3 is 2.85 bits per heavy atom. The molecule has 2 aliphatic carbocycles. The molecule has 2 unspecified atom stereocenters. The van der Waals surface area contributed by atoms with E-state index in [0.717, 1.165) is 17.8 Å². The van der Waals surface area contributed by atoms with Gasteiger partial charge in [-0.2, -0.15) is 4.98 Å². The van der Waals surface area contributed by atoms with Gasteiger partial charge in [-0.25, -0.2) is 4.39 Å². The van der Waals surface area contributed by atoms with E-state index in [0.29, 0.717) is 29.2 Å². The number of hydrogen-bond donors (Lipinski definition) is 0. The van der Waals surface area contributed by atoms with Crippen LogP contribution in [0.5, 0.6) is 0 Å². The molecule has 3 nitrogen and oxygen atoms in total. The molecule has 1 heterocycles. The van der Waals surface area contributed by atoms with Crippen LogP contribution in [-0.2, 0) is 5.88 Å².